The summed E-state index contributed by atoms with van der Waals surface area (Å²) in [5, 5.41) is 1.65. The molecule has 2 heterocycles. The Hall–Kier alpha value is -1.87. The van der Waals surface area contributed by atoms with Gasteiger partial charge in [0.2, 0.25) is 5.91 Å². The lowest BCUT2D eigenvalue weighted by molar-refractivity contribution is 0.0936. The van der Waals surface area contributed by atoms with E-state index in [0.29, 0.717) is 5.02 Å². The number of hydrogen-bond acceptors (Lipinski definition) is 2. The number of carbonyl (C=O) groups excluding carboxylic acids is 1. The summed E-state index contributed by atoms with van der Waals surface area (Å²) in [7, 11) is 0. The van der Waals surface area contributed by atoms with Gasteiger partial charge in [-0.15, -0.1) is 0 Å². The molecule has 0 fully saturated rings. The molecule has 3 nitrogen and oxygen atoms in total. The molecule has 0 N–H and O–H groups in total. The highest BCUT2D eigenvalue weighted by Gasteiger charge is 2.13. The minimum absolute atomic E-state index is 0.0247. The van der Waals surface area contributed by atoms with Crippen LogP contribution in [0.25, 0.3) is 22.2 Å². The Morgan fingerprint density at radius 1 is 1.35 bits per heavy atom. The molecule has 2 aliphatic heterocycles. The molecular weight excluding hydrogens is 236 g/mol. The number of fused-ring (bicyclic) bond motifs is 3. The zero-order valence-corrected chi connectivity index (χ0v) is 9.90. The molecule has 0 amide bonds. The molecule has 1 aromatic carbocycles. The summed E-state index contributed by atoms with van der Waals surface area (Å²) in [6, 6.07) is 7.41. The molecule has 0 radical (unpaired) electrons. The van der Waals surface area contributed by atoms with Crippen LogP contribution in [0.1, 0.15) is 11.7 Å². The maximum Gasteiger partial charge on any atom is 0.227 e. The second kappa shape index (κ2) is 3.57. The van der Waals surface area contributed by atoms with Crippen molar-refractivity contribution in [2.45, 2.75) is 6.92 Å². The van der Waals surface area contributed by atoms with Gasteiger partial charge in [0, 0.05) is 35.3 Å². The summed E-state index contributed by atoms with van der Waals surface area (Å²) in [5.41, 5.74) is 2.71. The Kier molecular flexibility index (Phi) is 2.16. The smallest absolute Gasteiger partial charge is 0.227 e. The number of carbonyl (C=O) groups is 1. The standard InChI is InChI=1S/C13H9ClN2O/c1-8(17)16-5-4-13-11(7-16)10-6-9(14)2-3-12(10)15-13/h2-7H,1H3. The van der Waals surface area contributed by atoms with E-state index in [0.717, 1.165) is 22.2 Å². The van der Waals surface area contributed by atoms with E-state index in [1.807, 2.05) is 24.3 Å². The third kappa shape index (κ3) is 1.59. The molecule has 0 saturated carbocycles. The van der Waals surface area contributed by atoms with Crippen molar-refractivity contribution in [2.24, 2.45) is 0 Å². The Labute approximate surface area is 103 Å². The van der Waals surface area contributed by atoms with Gasteiger partial charge in [-0.05, 0) is 24.3 Å². The van der Waals surface area contributed by atoms with Crippen LogP contribution in [-0.2, 0) is 0 Å². The molecular formula is C13H9ClN2O. The number of benzene rings is 1. The third-order valence-electron chi connectivity index (χ3n) is 2.79. The SMILES string of the molecule is CC(=O)n1ccc2nc3ccc(Cl)cc3c-2c1. The fourth-order valence-electron chi connectivity index (χ4n) is 1.94. The lowest BCUT2D eigenvalue weighted by Gasteiger charge is -2.04. The van der Waals surface area contributed by atoms with Crippen LogP contribution in [0.4, 0.5) is 0 Å². The summed E-state index contributed by atoms with van der Waals surface area (Å²) >= 11 is 5.98. The molecule has 4 heteroatoms. The maximum absolute atomic E-state index is 11.3. The van der Waals surface area contributed by atoms with Crippen molar-refractivity contribution < 1.29 is 4.79 Å². The summed E-state index contributed by atoms with van der Waals surface area (Å²) in [6.45, 7) is 1.53. The number of pyridine rings is 1. The van der Waals surface area contributed by atoms with Crippen molar-refractivity contribution in [3.05, 3.63) is 41.7 Å². The van der Waals surface area contributed by atoms with E-state index in [1.54, 1.807) is 17.0 Å². The Balaban J connectivity index is 2.39. The number of hydrogen-bond donors (Lipinski definition) is 0. The molecule has 0 spiro atoms. The first-order valence-electron chi connectivity index (χ1n) is 5.23. The van der Waals surface area contributed by atoms with Gasteiger partial charge in [-0.25, -0.2) is 4.98 Å². The molecule has 17 heavy (non-hydrogen) atoms. The molecule has 0 aliphatic carbocycles. The maximum atomic E-state index is 11.3. The molecule has 2 aliphatic rings. The minimum Gasteiger partial charge on any atom is -0.294 e. The van der Waals surface area contributed by atoms with Crippen molar-refractivity contribution >= 4 is 28.4 Å². The van der Waals surface area contributed by atoms with Crippen LogP contribution in [0, 0.1) is 0 Å². The predicted octanol–water partition coefficient (Wildman–Crippen LogP) is 3.45. The largest absolute Gasteiger partial charge is 0.294 e. The average molecular weight is 245 g/mol. The van der Waals surface area contributed by atoms with Gasteiger partial charge in [0.05, 0.1) is 11.2 Å². The number of rotatable bonds is 0. The average Bonchev–Trinajstić information content (AvgIpc) is 2.66. The molecule has 0 aromatic heterocycles. The number of halogens is 1. The van der Waals surface area contributed by atoms with Crippen LogP contribution in [0.2, 0.25) is 5.02 Å². The minimum atomic E-state index is -0.0247. The van der Waals surface area contributed by atoms with E-state index in [1.165, 1.54) is 6.92 Å². The zero-order chi connectivity index (χ0) is 12.0. The zero-order valence-electron chi connectivity index (χ0n) is 9.14. The van der Waals surface area contributed by atoms with Gasteiger partial charge in [-0.1, -0.05) is 11.6 Å². The molecule has 1 aromatic rings. The monoisotopic (exact) mass is 244 g/mol. The van der Waals surface area contributed by atoms with Crippen LogP contribution >= 0.6 is 11.6 Å². The normalized spacial score (nSPS) is 11.2. The first-order valence-corrected chi connectivity index (χ1v) is 5.61. The van der Waals surface area contributed by atoms with Crippen molar-refractivity contribution in [3.63, 3.8) is 0 Å². The summed E-state index contributed by atoms with van der Waals surface area (Å²) in [5.74, 6) is -0.0247. The van der Waals surface area contributed by atoms with E-state index in [2.05, 4.69) is 4.98 Å². The summed E-state index contributed by atoms with van der Waals surface area (Å²) < 4.78 is 1.55. The molecule has 0 bridgehead atoms. The van der Waals surface area contributed by atoms with Crippen LogP contribution < -0.4 is 0 Å². The Bertz CT molecular complexity index is 702. The van der Waals surface area contributed by atoms with Crippen LogP contribution in [0.5, 0.6) is 0 Å². The molecule has 3 rings (SSSR count). The van der Waals surface area contributed by atoms with Crippen molar-refractivity contribution in [2.75, 3.05) is 0 Å². The van der Waals surface area contributed by atoms with E-state index in [-0.39, 0.29) is 5.91 Å². The van der Waals surface area contributed by atoms with Crippen LogP contribution in [-0.4, -0.2) is 15.5 Å². The molecule has 0 atom stereocenters. The fourth-order valence-corrected chi connectivity index (χ4v) is 2.11. The second-order valence-electron chi connectivity index (χ2n) is 3.94. The van der Waals surface area contributed by atoms with Gasteiger partial charge < -0.3 is 0 Å². The van der Waals surface area contributed by atoms with Gasteiger partial charge in [0.15, 0.2) is 0 Å². The van der Waals surface area contributed by atoms with E-state index in [4.69, 9.17) is 11.6 Å². The summed E-state index contributed by atoms with van der Waals surface area (Å²) in [4.78, 5) is 15.8. The lowest BCUT2D eigenvalue weighted by Crippen LogP contribution is -2.05. The van der Waals surface area contributed by atoms with Gasteiger partial charge in [-0.3, -0.25) is 9.36 Å². The quantitative estimate of drug-likeness (QED) is 0.607. The predicted molar refractivity (Wildman–Crippen MR) is 67.7 cm³/mol. The Morgan fingerprint density at radius 2 is 2.18 bits per heavy atom. The van der Waals surface area contributed by atoms with Crippen molar-refractivity contribution in [1.82, 2.24) is 9.55 Å². The van der Waals surface area contributed by atoms with E-state index >= 15 is 0 Å². The van der Waals surface area contributed by atoms with Gasteiger partial charge in [0.25, 0.3) is 0 Å². The first-order chi connectivity index (χ1) is 8.15. The highest BCUT2D eigenvalue weighted by atomic mass is 35.5. The van der Waals surface area contributed by atoms with Crippen LogP contribution in [0.3, 0.4) is 0 Å². The van der Waals surface area contributed by atoms with E-state index < -0.39 is 0 Å². The van der Waals surface area contributed by atoms with Gasteiger partial charge >= 0.3 is 0 Å². The summed E-state index contributed by atoms with van der Waals surface area (Å²) in [6.07, 6.45) is 3.52. The van der Waals surface area contributed by atoms with Crippen molar-refractivity contribution in [1.29, 1.82) is 0 Å². The number of nitrogens with zero attached hydrogens (tertiary/aromatic N) is 2. The highest BCUT2D eigenvalue weighted by Crippen LogP contribution is 2.32. The van der Waals surface area contributed by atoms with Gasteiger partial charge in [-0.2, -0.15) is 0 Å². The highest BCUT2D eigenvalue weighted by molar-refractivity contribution is 6.31. The molecule has 0 unspecified atom stereocenters. The third-order valence-corrected chi connectivity index (χ3v) is 3.03. The molecule has 84 valence electrons. The first kappa shape index (κ1) is 10.3. The lowest BCUT2D eigenvalue weighted by atomic mass is 10.1. The van der Waals surface area contributed by atoms with E-state index in [9.17, 15) is 4.79 Å². The van der Waals surface area contributed by atoms with Crippen LogP contribution in [0.15, 0.2) is 36.7 Å². The van der Waals surface area contributed by atoms with Gasteiger partial charge in [0.1, 0.15) is 0 Å². The fraction of sp³-hybridized carbons (Fsp3) is 0.0769. The Morgan fingerprint density at radius 3 is 2.94 bits per heavy atom. The number of aromatic nitrogens is 2. The topological polar surface area (TPSA) is 34.9 Å². The second-order valence-corrected chi connectivity index (χ2v) is 4.38. The molecule has 0 saturated heterocycles. The van der Waals surface area contributed by atoms with Crippen molar-refractivity contribution in [3.8, 4) is 11.3 Å².